The third kappa shape index (κ3) is 5.11. The first kappa shape index (κ1) is 20.8. The molecule has 3 N–H and O–H groups in total. The SMILES string of the molecule is CN(C)Cc1c(C(=O)NCCOc2ccc(C(=S)NO)cc2)oc2ccccc12. The first-order valence-electron chi connectivity index (χ1n) is 9.10. The van der Waals surface area contributed by atoms with Crippen molar-refractivity contribution in [2.75, 3.05) is 27.2 Å². The minimum Gasteiger partial charge on any atom is -0.492 e. The van der Waals surface area contributed by atoms with Crippen molar-refractivity contribution < 1.29 is 19.2 Å². The van der Waals surface area contributed by atoms with Crippen molar-refractivity contribution in [2.45, 2.75) is 6.54 Å². The van der Waals surface area contributed by atoms with E-state index in [0.717, 1.165) is 10.9 Å². The Kier molecular flexibility index (Phi) is 6.82. The molecular weight excluding hydrogens is 390 g/mol. The number of thiocarbonyl (C=S) groups is 1. The maximum absolute atomic E-state index is 12.7. The summed E-state index contributed by atoms with van der Waals surface area (Å²) in [6, 6.07) is 14.6. The molecule has 0 aliphatic rings. The number of hydrogen-bond donors (Lipinski definition) is 3. The molecule has 0 radical (unpaired) electrons. The second-order valence-corrected chi connectivity index (χ2v) is 7.12. The van der Waals surface area contributed by atoms with Gasteiger partial charge in [0.25, 0.3) is 5.91 Å². The summed E-state index contributed by atoms with van der Waals surface area (Å²) < 4.78 is 11.4. The van der Waals surface area contributed by atoms with Gasteiger partial charge >= 0.3 is 0 Å². The molecule has 2 aromatic carbocycles. The van der Waals surface area contributed by atoms with Gasteiger partial charge in [-0.15, -0.1) is 0 Å². The van der Waals surface area contributed by atoms with E-state index in [1.165, 1.54) is 0 Å². The summed E-state index contributed by atoms with van der Waals surface area (Å²) >= 11 is 4.95. The van der Waals surface area contributed by atoms with Crippen molar-refractivity contribution in [1.29, 1.82) is 0 Å². The fourth-order valence-electron chi connectivity index (χ4n) is 2.94. The molecule has 3 aromatic rings. The van der Waals surface area contributed by atoms with E-state index in [4.69, 9.17) is 26.6 Å². The first-order valence-corrected chi connectivity index (χ1v) is 9.51. The molecule has 8 heteroatoms. The van der Waals surface area contributed by atoms with Crippen molar-refractivity contribution in [3.05, 3.63) is 65.4 Å². The van der Waals surface area contributed by atoms with Crippen LogP contribution in [0.4, 0.5) is 0 Å². The van der Waals surface area contributed by atoms with E-state index >= 15 is 0 Å². The standard InChI is InChI=1S/C21H23N3O4S/c1-24(2)13-17-16-5-3-4-6-18(16)28-19(17)20(25)22-11-12-27-15-9-7-14(8-10-15)21(29)23-26/h3-10,26H,11-13H2,1-2H3,(H,22,25)(H,23,29). The summed E-state index contributed by atoms with van der Waals surface area (Å²) in [5.74, 6) is 0.700. The predicted molar refractivity (Wildman–Crippen MR) is 114 cm³/mol. The number of carbonyl (C=O) groups excluding carboxylic acids is 1. The Bertz CT molecular complexity index is 999. The van der Waals surface area contributed by atoms with E-state index in [2.05, 4.69) is 5.32 Å². The van der Waals surface area contributed by atoms with Gasteiger partial charge < -0.3 is 19.4 Å². The highest BCUT2D eigenvalue weighted by Gasteiger charge is 2.20. The van der Waals surface area contributed by atoms with Gasteiger partial charge in [-0.2, -0.15) is 0 Å². The molecule has 3 rings (SSSR count). The molecule has 29 heavy (non-hydrogen) atoms. The molecule has 0 atom stereocenters. The van der Waals surface area contributed by atoms with E-state index in [1.807, 2.05) is 48.7 Å². The highest BCUT2D eigenvalue weighted by molar-refractivity contribution is 7.80. The van der Waals surface area contributed by atoms with Crippen LogP contribution in [-0.4, -0.2) is 48.2 Å². The van der Waals surface area contributed by atoms with E-state index in [9.17, 15) is 4.79 Å². The molecule has 152 valence electrons. The minimum atomic E-state index is -0.267. The predicted octanol–water partition coefficient (Wildman–Crippen LogP) is 2.96. The second-order valence-electron chi connectivity index (χ2n) is 6.71. The van der Waals surface area contributed by atoms with Crippen LogP contribution >= 0.6 is 12.2 Å². The molecule has 1 heterocycles. The van der Waals surface area contributed by atoms with Crippen LogP contribution in [0.3, 0.4) is 0 Å². The average molecular weight is 413 g/mol. The van der Waals surface area contributed by atoms with Gasteiger partial charge in [0.05, 0.1) is 6.54 Å². The van der Waals surface area contributed by atoms with Crippen molar-refractivity contribution >= 4 is 34.1 Å². The van der Waals surface area contributed by atoms with E-state index in [1.54, 1.807) is 24.3 Å². The molecule has 0 aliphatic carbocycles. The summed E-state index contributed by atoms with van der Waals surface area (Å²) in [7, 11) is 3.90. The Morgan fingerprint density at radius 2 is 1.90 bits per heavy atom. The van der Waals surface area contributed by atoms with Crippen molar-refractivity contribution in [2.24, 2.45) is 0 Å². The van der Waals surface area contributed by atoms with E-state index < -0.39 is 0 Å². The molecule has 7 nitrogen and oxygen atoms in total. The van der Waals surface area contributed by atoms with Crippen LogP contribution in [0, 0.1) is 0 Å². The summed E-state index contributed by atoms with van der Waals surface area (Å²) in [6.45, 7) is 1.24. The highest BCUT2D eigenvalue weighted by atomic mass is 32.1. The number of benzene rings is 2. The Balaban J connectivity index is 1.59. The molecular formula is C21H23N3O4S. The van der Waals surface area contributed by atoms with Gasteiger partial charge in [0.2, 0.25) is 0 Å². The molecule has 0 unspecified atom stereocenters. The zero-order valence-corrected chi connectivity index (χ0v) is 17.1. The quantitative estimate of drug-likeness (QED) is 0.297. The van der Waals surface area contributed by atoms with Gasteiger partial charge in [-0.25, -0.2) is 0 Å². The van der Waals surface area contributed by atoms with Gasteiger partial charge in [-0.1, -0.05) is 30.4 Å². The number of carbonyl (C=O) groups is 1. The Morgan fingerprint density at radius 1 is 1.17 bits per heavy atom. The third-order valence-electron chi connectivity index (χ3n) is 4.25. The number of rotatable bonds is 8. The van der Waals surface area contributed by atoms with Crippen LogP contribution in [0.15, 0.2) is 52.9 Å². The maximum Gasteiger partial charge on any atom is 0.287 e. The lowest BCUT2D eigenvalue weighted by atomic mass is 10.1. The van der Waals surface area contributed by atoms with E-state index in [-0.39, 0.29) is 10.9 Å². The average Bonchev–Trinajstić information content (AvgIpc) is 3.09. The second kappa shape index (κ2) is 9.51. The number of nitrogens with zero attached hydrogens (tertiary/aromatic N) is 1. The molecule has 0 aliphatic heterocycles. The maximum atomic E-state index is 12.7. The molecule has 0 saturated carbocycles. The van der Waals surface area contributed by atoms with Crippen molar-refractivity contribution in [1.82, 2.24) is 15.7 Å². The number of ether oxygens (including phenoxy) is 1. The third-order valence-corrected chi connectivity index (χ3v) is 4.58. The molecule has 0 bridgehead atoms. The number of para-hydroxylation sites is 1. The highest BCUT2D eigenvalue weighted by Crippen LogP contribution is 2.26. The normalized spacial score (nSPS) is 10.9. The number of nitrogens with one attached hydrogen (secondary N) is 2. The first-order chi connectivity index (χ1) is 14.0. The molecule has 0 spiro atoms. The minimum absolute atomic E-state index is 0.239. The fourth-order valence-corrected chi connectivity index (χ4v) is 3.07. The lowest BCUT2D eigenvalue weighted by Gasteiger charge is -2.11. The molecule has 1 aromatic heterocycles. The Morgan fingerprint density at radius 3 is 2.59 bits per heavy atom. The Hall–Kier alpha value is -2.94. The number of hydrogen-bond acceptors (Lipinski definition) is 6. The summed E-state index contributed by atoms with van der Waals surface area (Å²) in [6.07, 6.45) is 0. The van der Waals surface area contributed by atoms with E-state index in [0.29, 0.717) is 42.4 Å². The summed E-state index contributed by atoms with van der Waals surface area (Å²) in [4.78, 5) is 14.9. The molecule has 0 saturated heterocycles. The smallest absolute Gasteiger partial charge is 0.287 e. The molecule has 1 amide bonds. The van der Waals surface area contributed by atoms with Crippen LogP contribution in [0.1, 0.15) is 21.7 Å². The van der Waals surface area contributed by atoms with Crippen LogP contribution < -0.4 is 15.5 Å². The van der Waals surface area contributed by atoms with Gasteiger partial charge in [-0.3, -0.25) is 15.5 Å². The van der Waals surface area contributed by atoms with Gasteiger partial charge in [0, 0.05) is 23.1 Å². The van der Waals surface area contributed by atoms with Gasteiger partial charge in [0.15, 0.2) is 5.76 Å². The topological polar surface area (TPSA) is 87.0 Å². The zero-order chi connectivity index (χ0) is 20.8. The fraction of sp³-hybridized carbons (Fsp3) is 0.238. The van der Waals surface area contributed by atoms with Gasteiger partial charge in [-0.05, 0) is 44.4 Å². The van der Waals surface area contributed by atoms with Gasteiger partial charge in [0.1, 0.15) is 22.9 Å². The lowest BCUT2D eigenvalue weighted by molar-refractivity contribution is 0.0919. The van der Waals surface area contributed by atoms with Crippen molar-refractivity contribution in [3.8, 4) is 5.75 Å². The van der Waals surface area contributed by atoms with Crippen molar-refractivity contribution in [3.63, 3.8) is 0 Å². The monoisotopic (exact) mass is 413 g/mol. The van der Waals surface area contributed by atoms with Crippen LogP contribution in [0.25, 0.3) is 11.0 Å². The number of hydroxylamine groups is 1. The number of amides is 1. The largest absolute Gasteiger partial charge is 0.492 e. The number of furan rings is 1. The van der Waals surface area contributed by atoms with Crippen LogP contribution in [0.5, 0.6) is 5.75 Å². The van der Waals surface area contributed by atoms with Crippen LogP contribution in [-0.2, 0) is 6.54 Å². The Labute approximate surface area is 174 Å². The van der Waals surface area contributed by atoms with Crippen LogP contribution in [0.2, 0.25) is 0 Å². The zero-order valence-electron chi connectivity index (χ0n) is 16.3. The number of fused-ring (bicyclic) bond motifs is 1. The summed E-state index contributed by atoms with van der Waals surface area (Å²) in [5.41, 5.74) is 4.18. The molecule has 0 fully saturated rings. The summed E-state index contributed by atoms with van der Waals surface area (Å²) in [5, 5.41) is 12.6. The lowest BCUT2D eigenvalue weighted by Crippen LogP contribution is -2.29.